The molecule has 0 saturated carbocycles. The number of ether oxygens (including phenoxy) is 3. The largest absolute Gasteiger partial charge is 0.497 e. The fourth-order valence-electron chi connectivity index (χ4n) is 4.23. The molecule has 0 N–H and O–H groups in total. The zero-order valence-electron chi connectivity index (χ0n) is 20.3. The molecule has 1 aromatic heterocycles. The first-order chi connectivity index (χ1) is 17.5. The molecular weight excluding hydrogens is 483 g/mol. The maximum absolute atomic E-state index is 13.6. The molecule has 7 nitrogen and oxygen atoms in total. The number of carbonyl (C=O) groups excluding carboxylic acids is 2. The van der Waals surface area contributed by atoms with E-state index in [1.807, 2.05) is 11.4 Å². The van der Waals surface area contributed by atoms with Gasteiger partial charge < -0.3 is 24.0 Å². The van der Waals surface area contributed by atoms with Crippen LogP contribution in [0.2, 0.25) is 0 Å². The lowest BCUT2D eigenvalue weighted by Gasteiger charge is -2.37. The first-order valence-corrected chi connectivity index (χ1v) is 12.5. The molecule has 2 aromatic carbocycles. The zero-order chi connectivity index (χ0) is 25.5. The van der Waals surface area contributed by atoms with Crippen molar-refractivity contribution in [3.05, 3.63) is 81.8 Å². The van der Waals surface area contributed by atoms with Gasteiger partial charge in [-0.2, -0.15) is 0 Å². The Hall–Kier alpha value is -3.43. The van der Waals surface area contributed by atoms with Gasteiger partial charge in [-0.15, -0.1) is 11.3 Å². The normalized spacial score (nSPS) is 14.8. The minimum absolute atomic E-state index is 0.0931. The van der Waals surface area contributed by atoms with E-state index in [2.05, 4.69) is 0 Å². The highest BCUT2D eigenvalue weighted by Gasteiger charge is 2.33. The predicted octanol–water partition coefficient (Wildman–Crippen LogP) is 4.19. The monoisotopic (exact) mass is 512 g/mol. The number of fused-ring (bicyclic) bond motifs is 1. The number of carbonyl (C=O) groups is 2. The van der Waals surface area contributed by atoms with Crippen molar-refractivity contribution in [3.8, 4) is 11.5 Å². The number of thiophene rings is 1. The van der Waals surface area contributed by atoms with E-state index in [4.69, 9.17) is 14.2 Å². The van der Waals surface area contributed by atoms with Crippen molar-refractivity contribution in [2.75, 3.05) is 47.1 Å². The molecule has 3 aromatic rings. The van der Waals surface area contributed by atoms with Crippen molar-refractivity contribution >= 4 is 23.2 Å². The van der Waals surface area contributed by atoms with E-state index in [1.54, 1.807) is 66.9 Å². The van der Waals surface area contributed by atoms with Crippen LogP contribution >= 0.6 is 11.3 Å². The Labute approximate surface area is 214 Å². The Bertz CT molecular complexity index is 1180. The summed E-state index contributed by atoms with van der Waals surface area (Å²) in [5.41, 5.74) is 1.49. The molecule has 1 aliphatic heterocycles. The lowest BCUT2D eigenvalue weighted by atomic mass is 10.0. The Morgan fingerprint density at radius 2 is 1.92 bits per heavy atom. The highest BCUT2D eigenvalue weighted by Crippen LogP contribution is 2.34. The quantitative estimate of drug-likeness (QED) is 0.408. The molecular formula is C27H29FN2O5S. The molecule has 0 bridgehead atoms. The van der Waals surface area contributed by atoms with Crippen molar-refractivity contribution in [2.45, 2.75) is 12.5 Å². The van der Waals surface area contributed by atoms with E-state index in [0.29, 0.717) is 30.2 Å². The van der Waals surface area contributed by atoms with Crippen LogP contribution in [0.25, 0.3) is 0 Å². The first kappa shape index (κ1) is 25.7. The van der Waals surface area contributed by atoms with Gasteiger partial charge in [-0.3, -0.25) is 9.59 Å². The van der Waals surface area contributed by atoms with Crippen LogP contribution in [0.4, 0.5) is 4.39 Å². The van der Waals surface area contributed by atoms with Gasteiger partial charge in [0.2, 0.25) is 5.91 Å². The standard InChI is InChI=1S/C27H29FN2O5S/c1-33-14-13-29(27(32)19-6-8-21(34-2)9-7-19)17-26(31)30-12-10-25-23(11-15-36-25)24(30)18-35-22-5-3-4-20(28)16-22/h3-9,11,15-16,24H,10,12-14,17-18H2,1-2H3. The molecule has 1 atom stereocenters. The van der Waals surface area contributed by atoms with Crippen LogP contribution in [-0.4, -0.2) is 68.7 Å². The van der Waals surface area contributed by atoms with E-state index >= 15 is 0 Å². The molecule has 2 heterocycles. The van der Waals surface area contributed by atoms with E-state index in [-0.39, 0.29) is 43.4 Å². The van der Waals surface area contributed by atoms with Crippen LogP contribution in [-0.2, 0) is 16.0 Å². The van der Waals surface area contributed by atoms with Crippen LogP contribution in [0.15, 0.2) is 60.0 Å². The second-order valence-electron chi connectivity index (χ2n) is 8.37. The van der Waals surface area contributed by atoms with Crippen molar-refractivity contribution in [1.82, 2.24) is 9.80 Å². The summed E-state index contributed by atoms with van der Waals surface area (Å²) in [6.45, 7) is 1.18. The smallest absolute Gasteiger partial charge is 0.254 e. The number of rotatable bonds is 10. The fourth-order valence-corrected chi connectivity index (χ4v) is 5.16. The van der Waals surface area contributed by atoms with Crippen LogP contribution in [0.1, 0.15) is 26.8 Å². The van der Waals surface area contributed by atoms with Gasteiger partial charge in [-0.1, -0.05) is 6.07 Å². The number of hydrogen-bond acceptors (Lipinski definition) is 6. The molecule has 190 valence electrons. The molecule has 4 rings (SSSR count). The van der Waals surface area contributed by atoms with E-state index in [1.165, 1.54) is 21.9 Å². The summed E-state index contributed by atoms with van der Waals surface area (Å²) in [6, 6.07) is 14.4. The Balaban J connectivity index is 1.51. The summed E-state index contributed by atoms with van der Waals surface area (Å²) < 4.78 is 29.9. The van der Waals surface area contributed by atoms with Gasteiger partial charge in [-0.05, 0) is 59.8 Å². The summed E-state index contributed by atoms with van der Waals surface area (Å²) in [5.74, 6) is 0.223. The summed E-state index contributed by atoms with van der Waals surface area (Å²) in [4.78, 5) is 31.3. The predicted molar refractivity (Wildman–Crippen MR) is 135 cm³/mol. The molecule has 0 fully saturated rings. The highest BCUT2D eigenvalue weighted by molar-refractivity contribution is 7.10. The second-order valence-corrected chi connectivity index (χ2v) is 9.37. The van der Waals surface area contributed by atoms with E-state index in [0.717, 1.165) is 12.0 Å². The molecule has 0 radical (unpaired) electrons. The van der Waals surface area contributed by atoms with Gasteiger partial charge in [0.25, 0.3) is 5.91 Å². The third-order valence-corrected chi connectivity index (χ3v) is 7.13. The first-order valence-electron chi connectivity index (χ1n) is 11.7. The average Bonchev–Trinajstić information content (AvgIpc) is 3.38. The van der Waals surface area contributed by atoms with Gasteiger partial charge in [-0.25, -0.2) is 4.39 Å². The van der Waals surface area contributed by atoms with Crippen molar-refractivity contribution in [3.63, 3.8) is 0 Å². The van der Waals surface area contributed by atoms with Crippen LogP contribution < -0.4 is 9.47 Å². The number of benzene rings is 2. The Kier molecular flexibility index (Phi) is 8.56. The highest BCUT2D eigenvalue weighted by atomic mass is 32.1. The lowest BCUT2D eigenvalue weighted by Crippen LogP contribution is -2.48. The number of amides is 2. The topological polar surface area (TPSA) is 68.3 Å². The number of nitrogens with zero attached hydrogens (tertiary/aromatic N) is 2. The Morgan fingerprint density at radius 3 is 2.64 bits per heavy atom. The second kappa shape index (κ2) is 12.0. The number of halogens is 1. The van der Waals surface area contributed by atoms with E-state index in [9.17, 15) is 14.0 Å². The summed E-state index contributed by atoms with van der Waals surface area (Å²) >= 11 is 1.65. The molecule has 36 heavy (non-hydrogen) atoms. The van der Waals surface area contributed by atoms with Gasteiger partial charge in [0.15, 0.2) is 0 Å². The average molecular weight is 513 g/mol. The fraction of sp³-hybridized carbons (Fsp3) is 0.333. The SMILES string of the molecule is COCCN(CC(=O)N1CCc2sccc2C1COc1cccc(F)c1)C(=O)c1ccc(OC)cc1. The van der Waals surface area contributed by atoms with Gasteiger partial charge in [0, 0.05) is 36.7 Å². The molecule has 1 aliphatic rings. The zero-order valence-corrected chi connectivity index (χ0v) is 21.1. The molecule has 9 heteroatoms. The van der Waals surface area contributed by atoms with Gasteiger partial charge in [0.05, 0.1) is 19.8 Å². The molecule has 0 spiro atoms. The maximum atomic E-state index is 13.6. The molecule has 2 amide bonds. The maximum Gasteiger partial charge on any atom is 0.254 e. The van der Waals surface area contributed by atoms with Crippen molar-refractivity contribution < 1.29 is 28.2 Å². The third kappa shape index (κ3) is 6.03. The van der Waals surface area contributed by atoms with Crippen LogP contribution in [0.3, 0.4) is 0 Å². The Morgan fingerprint density at radius 1 is 1.11 bits per heavy atom. The molecule has 0 aliphatic carbocycles. The van der Waals surface area contributed by atoms with Crippen LogP contribution in [0.5, 0.6) is 11.5 Å². The molecule has 0 saturated heterocycles. The summed E-state index contributed by atoms with van der Waals surface area (Å²) in [7, 11) is 3.12. The van der Waals surface area contributed by atoms with E-state index < -0.39 is 0 Å². The minimum atomic E-state index is -0.383. The number of methoxy groups -OCH3 is 2. The van der Waals surface area contributed by atoms with Crippen molar-refractivity contribution in [1.29, 1.82) is 0 Å². The minimum Gasteiger partial charge on any atom is -0.497 e. The summed E-state index contributed by atoms with van der Waals surface area (Å²) in [5, 5.41) is 2.01. The summed E-state index contributed by atoms with van der Waals surface area (Å²) in [6.07, 6.45) is 0.736. The van der Waals surface area contributed by atoms with Gasteiger partial charge in [0.1, 0.15) is 30.5 Å². The van der Waals surface area contributed by atoms with Crippen LogP contribution in [0, 0.1) is 5.82 Å². The van der Waals surface area contributed by atoms with Crippen molar-refractivity contribution in [2.24, 2.45) is 0 Å². The van der Waals surface area contributed by atoms with Gasteiger partial charge >= 0.3 is 0 Å². The third-order valence-electron chi connectivity index (χ3n) is 6.13. The number of hydrogen-bond donors (Lipinski definition) is 0. The molecule has 1 unspecified atom stereocenters. The lowest BCUT2D eigenvalue weighted by molar-refractivity contribution is -0.135.